The minimum atomic E-state index is -0.151. The largest absolute Gasteiger partial charge is 0.311 e. The molecule has 100 valence electrons. The van der Waals surface area contributed by atoms with E-state index >= 15 is 0 Å². The molecule has 0 fully saturated rings. The summed E-state index contributed by atoms with van der Waals surface area (Å²) in [7, 11) is 0. The highest BCUT2D eigenvalue weighted by Gasteiger charge is 2.05. The monoisotopic (exact) mass is 258 g/mol. The van der Waals surface area contributed by atoms with Crippen LogP contribution < -0.4 is 10.9 Å². The molecule has 2 rings (SSSR count). The number of hydrogen-bond acceptors (Lipinski definition) is 4. The highest BCUT2D eigenvalue weighted by atomic mass is 16.1. The van der Waals surface area contributed by atoms with Crippen LogP contribution in [0.25, 0.3) is 11.5 Å². The predicted molar refractivity (Wildman–Crippen MR) is 74.8 cm³/mol. The molecule has 5 nitrogen and oxygen atoms in total. The summed E-state index contributed by atoms with van der Waals surface area (Å²) in [6.45, 7) is 5.58. The lowest BCUT2D eigenvalue weighted by Crippen LogP contribution is -2.18. The zero-order valence-corrected chi connectivity index (χ0v) is 11.2. The Balaban J connectivity index is 2.28. The zero-order chi connectivity index (χ0) is 13.7. The first-order chi connectivity index (χ1) is 9.19. The predicted octanol–water partition coefficient (Wildman–Crippen LogP) is 1.64. The van der Waals surface area contributed by atoms with Crippen molar-refractivity contribution >= 4 is 0 Å². The first-order valence-corrected chi connectivity index (χ1v) is 6.43. The van der Waals surface area contributed by atoms with Crippen LogP contribution >= 0.6 is 0 Å². The van der Waals surface area contributed by atoms with Gasteiger partial charge >= 0.3 is 0 Å². The molecule has 0 bridgehead atoms. The molecule has 0 aliphatic heterocycles. The van der Waals surface area contributed by atoms with Crippen molar-refractivity contribution in [3.63, 3.8) is 0 Å². The molecule has 2 N–H and O–H groups in total. The molecule has 0 aliphatic rings. The van der Waals surface area contributed by atoms with E-state index in [2.05, 4.69) is 27.2 Å². The first kappa shape index (κ1) is 13.4. The fraction of sp³-hybridized carbons (Fsp3) is 0.357. The number of H-pyrrole nitrogens is 1. The third-order valence-electron chi connectivity index (χ3n) is 2.69. The Bertz CT molecular complexity index is 606. The van der Waals surface area contributed by atoms with Crippen molar-refractivity contribution in [3.05, 3.63) is 46.0 Å². The van der Waals surface area contributed by atoms with Crippen molar-refractivity contribution in [3.8, 4) is 11.5 Å². The van der Waals surface area contributed by atoms with Gasteiger partial charge in [0.25, 0.3) is 5.56 Å². The van der Waals surface area contributed by atoms with Gasteiger partial charge in [-0.15, -0.1) is 0 Å². The summed E-state index contributed by atoms with van der Waals surface area (Å²) in [5.74, 6) is 0.518. The molecule has 19 heavy (non-hydrogen) atoms. The van der Waals surface area contributed by atoms with Crippen LogP contribution in [0, 0.1) is 6.92 Å². The summed E-state index contributed by atoms with van der Waals surface area (Å²) in [6, 6.07) is 5.33. The number of pyridine rings is 1. The van der Waals surface area contributed by atoms with Crippen LogP contribution in [0.2, 0.25) is 0 Å². The lowest BCUT2D eigenvalue weighted by molar-refractivity contribution is 0.662. The molecular formula is C14H18N4O. The van der Waals surface area contributed by atoms with Crippen molar-refractivity contribution in [1.82, 2.24) is 20.3 Å². The first-order valence-electron chi connectivity index (χ1n) is 6.43. The number of nitrogens with one attached hydrogen (secondary N) is 2. The zero-order valence-electron chi connectivity index (χ0n) is 11.2. The van der Waals surface area contributed by atoms with E-state index in [1.807, 2.05) is 19.1 Å². The maximum absolute atomic E-state index is 11.7. The van der Waals surface area contributed by atoms with Crippen LogP contribution in [0.15, 0.2) is 29.2 Å². The molecule has 0 atom stereocenters. The third-order valence-corrected chi connectivity index (χ3v) is 2.69. The molecule has 2 aromatic heterocycles. The number of nitrogens with zero attached hydrogens (tertiary/aromatic N) is 2. The topological polar surface area (TPSA) is 70.7 Å². The summed E-state index contributed by atoms with van der Waals surface area (Å²) < 4.78 is 0. The molecule has 0 saturated heterocycles. The maximum Gasteiger partial charge on any atom is 0.251 e. The Morgan fingerprint density at radius 3 is 2.95 bits per heavy atom. The molecule has 5 heteroatoms. The van der Waals surface area contributed by atoms with E-state index in [0.717, 1.165) is 24.2 Å². The average Bonchev–Trinajstić information content (AvgIpc) is 2.38. The molecule has 0 aliphatic carbocycles. The number of aromatic amines is 1. The second-order valence-corrected chi connectivity index (χ2v) is 4.48. The van der Waals surface area contributed by atoms with Crippen molar-refractivity contribution in [2.24, 2.45) is 0 Å². The van der Waals surface area contributed by atoms with Gasteiger partial charge in [-0.1, -0.05) is 6.92 Å². The number of aryl methyl sites for hydroxylation is 1. The van der Waals surface area contributed by atoms with Crippen LogP contribution in [-0.4, -0.2) is 21.5 Å². The van der Waals surface area contributed by atoms with E-state index in [-0.39, 0.29) is 5.56 Å². The molecular weight excluding hydrogens is 240 g/mol. The average molecular weight is 258 g/mol. The fourth-order valence-electron chi connectivity index (χ4n) is 1.78. The highest BCUT2D eigenvalue weighted by Crippen LogP contribution is 2.11. The Morgan fingerprint density at radius 1 is 1.37 bits per heavy atom. The van der Waals surface area contributed by atoms with E-state index in [1.165, 1.54) is 6.07 Å². The molecule has 0 amide bonds. The van der Waals surface area contributed by atoms with Gasteiger partial charge in [0.2, 0.25) is 0 Å². The molecule has 2 aromatic rings. The molecule has 2 heterocycles. The summed E-state index contributed by atoms with van der Waals surface area (Å²) in [6.07, 6.45) is 2.77. The number of aromatic nitrogens is 3. The van der Waals surface area contributed by atoms with Gasteiger partial charge in [-0.2, -0.15) is 0 Å². The van der Waals surface area contributed by atoms with E-state index in [4.69, 9.17) is 0 Å². The van der Waals surface area contributed by atoms with Gasteiger partial charge in [-0.3, -0.25) is 9.78 Å². The second kappa shape index (κ2) is 6.24. The van der Waals surface area contributed by atoms with Crippen LogP contribution in [0.1, 0.15) is 24.6 Å². The van der Waals surface area contributed by atoms with Gasteiger partial charge in [0.1, 0.15) is 5.69 Å². The van der Waals surface area contributed by atoms with Crippen molar-refractivity contribution in [1.29, 1.82) is 0 Å². The Hall–Kier alpha value is -2.01. The van der Waals surface area contributed by atoms with Crippen LogP contribution in [0.3, 0.4) is 0 Å². The van der Waals surface area contributed by atoms with Gasteiger partial charge in [0.15, 0.2) is 5.82 Å². The summed E-state index contributed by atoms with van der Waals surface area (Å²) >= 11 is 0. The van der Waals surface area contributed by atoms with Gasteiger partial charge in [-0.05, 0) is 37.6 Å². The summed E-state index contributed by atoms with van der Waals surface area (Å²) in [5, 5.41) is 3.23. The van der Waals surface area contributed by atoms with Gasteiger partial charge in [0, 0.05) is 18.8 Å². The minimum Gasteiger partial charge on any atom is -0.311 e. The van der Waals surface area contributed by atoms with Crippen molar-refractivity contribution in [2.75, 3.05) is 6.54 Å². The van der Waals surface area contributed by atoms with Crippen LogP contribution in [-0.2, 0) is 6.54 Å². The maximum atomic E-state index is 11.7. The second-order valence-electron chi connectivity index (χ2n) is 4.48. The SMILES string of the molecule is CCCNCc1cc(=O)[nH]c(-c2cc(C)ccn2)n1. The summed E-state index contributed by atoms with van der Waals surface area (Å²) in [4.78, 5) is 23.0. The van der Waals surface area contributed by atoms with Gasteiger partial charge < -0.3 is 10.3 Å². The molecule has 0 saturated carbocycles. The van der Waals surface area contributed by atoms with E-state index in [1.54, 1.807) is 6.20 Å². The van der Waals surface area contributed by atoms with Crippen LogP contribution in [0.5, 0.6) is 0 Å². The molecule has 0 spiro atoms. The van der Waals surface area contributed by atoms with E-state index in [0.29, 0.717) is 18.1 Å². The van der Waals surface area contributed by atoms with Crippen molar-refractivity contribution in [2.45, 2.75) is 26.8 Å². The smallest absolute Gasteiger partial charge is 0.251 e. The van der Waals surface area contributed by atoms with Crippen LogP contribution in [0.4, 0.5) is 0 Å². The Labute approximate surface area is 112 Å². The molecule has 0 aromatic carbocycles. The Morgan fingerprint density at radius 2 is 2.21 bits per heavy atom. The lowest BCUT2D eigenvalue weighted by atomic mass is 10.2. The quantitative estimate of drug-likeness (QED) is 0.800. The Kier molecular flexibility index (Phi) is 4.41. The number of rotatable bonds is 5. The van der Waals surface area contributed by atoms with Crippen molar-refractivity contribution < 1.29 is 0 Å². The third kappa shape index (κ3) is 3.72. The lowest BCUT2D eigenvalue weighted by Gasteiger charge is -2.05. The molecule has 0 unspecified atom stereocenters. The van der Waals surface area contributed by atoms with E-state index < -0.39 is 0 Å². The normalized spacial score (nSPS) is 10.6. The fourth-order valence-corrected chi connectivity index (χ4v) is 1.78. The van der Waals surface area contributed by atoms with Gasteiger partial charge in [-0.25, -0.2) is 4.98 Å². The standard InChI is InChI=1S/C14H18N4O/c1-3-5-15-9-11-8-13(19)18-14(17-11)12-7-10(2)4-6-16-12/h4,6-8,15H,3,5,9H2,1-2H3,(H,17,18,19). The van der Waals surface area contributed by atoms with Gasteiger partial charge in [0.05, 0.1) is 5.69 Å². The highest BCUT2D eigenvalue weighted by molar-refractivity contribution is 5.49. The summed E-state index contributed by atoms with van der Waals surface area (Å²) in [5.41, 5.74) is 2.36. The van der Waals surface area contributed by atoms with E-state index in [9.17, 15) is 4.79 Å². The number of hydrogen-bond donors (Lipinski definition) is 2. The minimum absolute atomic E-state index is 0.151. The molecule has 0 radical (unpaired) electrons.